The molecule has 0 bridgehead atoms. The summed E-state index contributed by atoms with van der Waals surface area (Å²) in [7, 11) is -17.0. The lowest BCUT2D eigenvalue weighted by molar-refractivity contribution is -0.115. The highest BCUT2D eigenvalue weighted by molar-refractivity contribution is 7.67. The lowest BCUT2D eigenvalue weighted by Gasteiger charge is -2.29. The van der Waals surface area contributed by atoms with Gasteiger partial charge in [-0.15, -0.1) is 11.3 Å². The van der Waals surface area contributed by atoms with Crippen LogP contribution < -0.4 is 5.73 Å². The number of aromatic nitrogens is 4. The molecule has 0 saturated carbocycles. The van der Waals surface area contributed by atoms with Gasteiger partial charge in [0.05, 0.1) is 12.9 Å². The molecule has 1 aliphatic heterocycles. The van der Waals surface area contributed by atoms with E-state index in [0.717, 1.165) is 24.1 Å². The number of nitrogen functional groups attached to an aromatic ring is 1. The first-order valence-electron chi connectivity index (χ1n) is 8.89. The Kier molecular flexibility index (Phi) is 7.09. The van der Waals surface area contributed by atoms with Crippen LogP contribution in [0, 0.1) is 17.3 Å². The Morgan fingerprint density at radius 1 is 1.26 bits per heavy atom. The van der Waals surface area contributed by atoms with E-state index in [4.69, 9.17) is 21.8 Å². The highest BCUT2D eigenvalue weighted by atomic mass is 31.3. The van der Waals surface area contributed by atoms with Gasteiger partial charge in [0.15, 0.2) is 23.3 Å². The standard InChI is InChI=1S/C13H17N6O13P3/c1-3-13(21)10(20)12(2,4-29-34(25,26)32-35(27,28)31-33(23,24)18-22)30-11(13)19-6-17-7-8(14)15-5-16-9(7)19/h1,5-6,10-11,20-21H,4H2,2H3,(H,23,24)(H,25,26)(H,27,28)(H2,14,15,16)/t10-,11-,12-,13-/m1/s1. The smallest absolute Gasteiger partial charge is 0.386 e. The second kappa shape index (κ2) is 9.05. The minimum Gasteiger partial charge on any atom is -0.386 e. The van der Waals surface area contributed by atoms with Gasteiger partial charge < -0.3 is 35.4 Å². The molecule has 19 nitrogen and oxygen atoms in total. The summed E-state index contributed by atoms with van der Waals surface area (Å²) in [4.78, 5) is 51.3. The van der Waals surface area contributed by atoms with Crippen molar-refractivity contribution in [3.05, 3.63) is 17.6 Å². The lowest BCUT2D eigenvalue weighted by atomic mass is 9.88. The van der Waals surface area contributed by atoms with E-state index in [1.165, 1.54) is 0 Å². The van der Waals surface area contributed by atoms with Crippen LogP contribution >= 0.6 is 23.4 Å². The van der Waals surface area contributed by atoms with Crippen LogP contribution in [0.1, 0.15) is 13.2 Å². The zero-order valence-electron chi connectivity index (χ0n) is 17.3. The number of ether oxygens (including phenoxy) is 1. The van der Waals surface area contributed by atoms with E-state index in [1.54, 1.807) is 4.95 Å². The molecule has 3 heterocycles. The molecular weight excluding hydrogens is 541 g/mol. The van der Waals surface area contributed by atoms with Gasteiger partial charge in [-0.25, -0.2) is 28.6 Å². The number of nitroso groups, excluding NO2 is 1. The summed E-state index contributed by atoms with van der Waals surface area (Å²) >= 11 is 0. The number of hydrogen-bond donors (Lipinski definition) is 6. The van der Waals surface area contributed by atoms with Crippen LogP contribution in [0.25, 0.3) is 11.2 Å². The van der Waals surface area contributed by atoms with Crippen LogP contribution in [-0.4, -0.2) is 68.3 Å². The van der Waals surface area contributed by atoms with Crippen molar-refractivity contribution in [2.45, 2.75) is 30.5 Å². The van der Waals surface area contributed by atoms with Gasteiger partial charge in [-0.05, 0) is 6.92 Å². The normalized spacial score (nSPS) is 31.8. The molecule has 3 unspecified atom stereocenters. The fourth-order valence-corrected chi connectivity index (χ4v) is 6.34. The van der Waals surface area contributed by atoms with Gasteiger partial charge in [0.25, 0.3) is 0 Å². The topological polar surface area (TPSA) is 288 Å². The monoisotopic (exact) mass is 558 g/mol. The molecule has 0 radical (unpaired) electrons. The maximum atomic E-state index is 12.1. The van der Waals surface area contributed by atoms with E-state index in [1.807, 2.05) is 5.92 Å². The number of rotatable bonds is 9. The quantitative estimate of drug-likeness (QED) is 0.129. The zero-order valence-corrected chi connectivity index (χ0v) is 19.9. The molecular formula is C13H17N6O13P3. The van der Waals surface area contributed by atoms with Crippen LogP contribution in [-0.2, 0) is 31.6 Å². The van der Waals surface area contributed by atoms with Crippen molar-refractivity contribution in [3.63, 3.8) is 0 Å². The maximum absolute atomic E-state index is 12.1. The summed E-state index contributed by atoms with van der Waals surface area (Å²) < 4.78 is 53.4. The molecule has 0 spiro atoms. The number of aliphatic hydroxyl groups is 2. The molecule has 2 aromatic rings. The highest BCUT2D eigenvalue weighted by Crippen LogP contribution is 2.68. The van der Waals surface area contributed by atoms with Crippen molar-refractivity contribution in [1.82, 2.24) is 19.5 Å². The van der Waals surface area contributed by atoms with E-state index in [-0.39, 0.29) is 17.0 Å². The number of nitrogens with zero attached hydrogens (tertiary/aromatic N) is 5. The lowest BCUT2D eigenvalue weighted by Crippen LogP contribution is -2.50. The number of terminal acetylenes is 1. The minimum absolute atomic E-state index is 0.0196. The summed E-state index contributed by atoms with van der Waals surface area (Å²) in [6.07, 6.45) is 3.99. The Balaban J connectivity index is 1.85. The molecule has 7 atom stereocenters. The number of phosphoric ester groups is 1. The summed E-state index contributed by atoms with van der Waals surface area (Å²) in [5.74, 6) is 1.95. The van der Waals surface area contributed by atoms with Gasteiger partial charge >= 0.3 is 23.4 Å². The fraction of sp³-hybridized carbons (Fsp3) is 0.462. The first kappa shape index (κ1) is 27.4. The van der Waals surface area contributed by atoms with Gasteiger partial charge in [0.1, 0.15) is 23.5 Å². The molecule has 0 amide bonds. The van der Waals surface area contributed by atoms with Crippen LogP contribution in [0.2, 0.25) is 0 Å². The second-order valence-corrected chi connectivity index (χ2v) is 11.8. The molecule has 35 heavy (non-hydrogen) atoms. The number of phosphoric acid groups is 2. The molecule has 1 aliphatic rings. The van der Waals surface area contributed by atoms with Gasteiger partial charge in [0, 0.05) is 4.95 Å². The Bertz CT molecular complexity index is 1350. The Morgan fingerprint density at radius 2 is 1.91 bits per heavy atom. The summed E-state index contributed by atoms with van der Waals surface area (Å²) in [6, 6.07) is 0. The predicted octanol–water partition coefficient (Wildman–Crippen LogP) is -0.461. The van der Waals surface area contributed by atoms with Crippen molar-refractivity contribution >= 4 is 40.4 Å². The molecule has 192 valence electrons. The predicted molar refractivity (Wildman–Crippen MR) is 111 cm³/mol. The molecule has 2 aromatic heterocycles. The Morgan fingerprint density at radius 3 is 2.51 bits per heavy atom. The average molecular weight is 558 g/mol. The number of aliphatic hydroxyl groups excluding tert-OH is 1. The van der Waals surface area contributed by atoms with Crippen molar-refractivity contribution in [2.24, 2.45) is 4.95 Å². The van der Waals surface area contributed by atoms with Crippen molar-refractivity contribution in [2.75, 3.05) is 12.3 Å². The van der Waals surface area contributed by atoms with Gasteiger partial charge in [0.2, 0.25) is 0 Å². The molecule has 1 fully saturated rings. The first-order valence-corrected chi connectivity index (χ1v) is 13.4. The van der Waals surface area contributed by atoms with Gasteiger partial charge in [-0.2, -0.15) is 8.62 Å². The van der Waals surface area contributed by atoms with E-state index in [0.29, 0.717) is 0 Å². The molecule has 22 heteroatoms. The van der Waals surface area contributed by atoms with Crippen molar-refractivity contribution in [3.8, 4) is 12.3 Å². The summed E-state index contributed by atoms with van der Waals surface area (Å²) in [5, 5.41) is 21.7. The maximum Gasteiger partial charge on any atom is 0.496 e. The van der Waals surface area contributed by atoms with Crippen molar-refractivity contribution < 1.29 is 56.5 Å². The van der Waals surface area contributed by atoms with E-state index < -0.39 is 53.5 Å². The molecule has 0 aromatic carbocycles. The Labute approximate surface area is 194 Å². The van der Waals surface area contributed by atoms with Crippen molar-refractivity contribution in [1.29, 1.82) is 0 Å². The third-order valence-corrected chi connectivity index (χ3v) is 8.65. The molecule has 1 saturated heterocycles. The summed E-state index contributed by atoms with van der Waals surface area (Å²) in [5.41, 5.74) is 1.28. The first-order chi connectivity index (χ1) is 16.0. The van der Waals surface area contributed by atoms with E-state index in [9.17, 15) is 38.6 Å². The van der Waals surface area contributed by atoms with E-state index in [2.05, 4.69) is 28.1 Å². The highest BCUT2D eigenvalue weighted by Gasteiger charge is 2.62. The number of nitrogens with two attached hydrogens (primary N) is 1. The van der Waals surface area contributed by atoms with Gasteiger partial charge in [-0.3, -0.25) is 9.09 Å². The summed E-state index contributed by atoms with van der Waals surface area (Å²) in [6.45, 7) is -0.0232. The number of hydrogen-bond acceptors (Lipinski definition) is 14. The third kappa shape index (κ3) is 5.34. The van der Waals surface area contributed by atoms with Crippen LogP contribution in [0.3, 0.4) is 0 Å². The van der Waals surface area contributed by atoms with E-state index >= 15 is 0 Å². The SMILES string of the molecule is C#C[C@]1(O)[C@H](n2cnc3c(N)ncnc32)O[C@](C)(COP(=O)(O)OP(=O)(O)OP(=O)(O)N=O)[C@H]1O. The van der Waals surface area contributed by atoms with Crippen LogP contribution in [0.4, 0.5) is 5.82 Å². The van der Waals surface area contributed by atoms with Gasteiger partial charge in [-0.1, -0.05) is 5.92 Å². The molecule has 3 rings (SSSR count). The third-order valence-electron chi connectivity index (χ3n) is 4.66. The number of imidazole rings is 1. The molecule has 0 aliphatic carbocycles. The fourth-order valence-electron chi connectivity index (χ4n) is 3.11. The van der Waals surface area contributed by atoms with Crippen LogP contribution in [0.15, 0.2) is 17.6 Å². The second-order valence-electron chi connectivity index (χ2n) is 7.18. The number of anilines is 1. The Hall–Kier alpha value is -2.16. The largest absolute Gasteiger partial charge is 0.496 e. The molecule has 7 N–H and O–H groups in total. The average Bonchev–Trinajstić information content (AvgIpc) is 3.26. The zero-order chi connectivity index (χ0) is 26.4. The minimum atomic E-state index is -5.83. The number of fused-ring (bicyclic) bond motifs is 1. The van der Waals surface area contributed by atoms with Crippen LogP contribution in [0.5, 0.6) is 0 Å².